The fraction of sp³-hybridized carbons (Fsp3) is 0.636. The maximum absolute atomic E-state index is 11.8. The van der Waals surface area contributed by atoms with Crippen LogP contribution < -0.4 is 27.2 Å². The van der Waals surface area contributed by atoms with Gasteiger partial charge in [-0.15, -0.1) is 10.2 Å². The Morgan fingerprint density at radius 3 is 2.43 bits per heavy atom. The van der Waals surface area contributed by atoms with Crippen LogP contribution in [0, 0.1) is 10.2 Å². The third-order valence-electron chi connectivity index (χ3n) is 2.69. The number of carbonyl (C=O) groups is 1. The molecule has 2 heterocycles. The second kappa shape index (κ2) is 8.79. The number of nitrogens with zero attached hydrogens (tertiary/aromatic N) is 1. The molecule has 7 nitrogen and oxygen atoms in total. The molecule has 1 fully saturated rings. The van der Waals surface area contributed by atoms with Crippen molar-refractivity contribution < 1.29 is 38.4 Å². The fourth-order valence-electron chi connectivity index (χ4n) is 1.97. The lowest BCUT2D eigenvalue weighted by Gasteiger charge is -2.18. The van der Waals surface area contributed by atoms with Crippen molar-refractivity contribution in [2.45, 2.75) is 32.2 Å². The zero-order valence-electron chi connectivity index (χ0n) is 11.4. The number of esters is 1. The summed E-state index contributed by atoms with van der Waals surface area (Å²) < 4.78 is 42.5. The molecule has 1 atom stereocenters. The highest BCUT2D eigenvalue weighted by Crippen LogP contribution is 2.12. The van der Waals surface area contributed by atoms with Crippen LogP contribution in [0.25, 0.3) is 0 Å². The molecule has 1 aliphatic heterocycles. The van der Waals surface area contributed by atoms with E-state index in [4.69, 9.17) is 23.4 Å². The molecular weight excluding hydrogens is 342 g/mol. The minimum Gasteiger partial charge on any atom is -0.461 e. The zero-order valence-corrected chi connectivity index (χ0v) is 13.7. The van der Waals surface area contributed by atoms with Crippen molar-refractivity contribution in [1.82, 2.24) is 4.58 Å². The third kappa shape index (κ3) is 7.32. The summed E-state index contributed by atoms with van der Waals surface area (Å²) in [5, 5.41) is 4.13. The molecule has 2 rings (SSSR count). The first-order valence-corrected chi connectivity index (χ1v) is 9.22. The van der Waals surface area contributed by atoms with Crippen LogP contribution in [-0.4, -0.2) is 25.2 Å². The number of piperidine rings is 1. The number of ether oxygens (including phenoxy) is 1. The molecule has 0 N–H and O–H groups in total. The fourth-order valence-corrected chi connectivity index (χ4v) is 3.91. The summed E-state index contributed by atoms with van der Waals surface area (Å²) in [5.74, 6) is -0.0669. The molecule has 0 aromatic carbocycles. The van der Waals surface area contributed by atoms with Gasteiger partial charge in [0.05, 0.1) is 6.61 Å². The van der Waals surface area contributed by atoms with E-state index in [1.165, 1.54) is 10.4 Å². The van der Waals surface area contributed by atoms with E-state index in [0.717, 1.165) is 19.4 Å². The van der Waals surface area contributed by atoms with Crippen molar-refractivity contribution in [2.75, 3.05) is 13.2 Å². The van der Waals surface area contributed by atoms with Crippen LogP contribution in [0.15, 0.2) is 10.8 Å². The van der Waals surface area contributed by atoms with Gasteiger partial charge in [-0.1, -0.05) is 22.7 Å². The Balaban J connectivity index is 0.000000383. The molecule has 0 saturated carbocycles. The van der Waals surface area contributed by atoms with Crippen LogP contribution in [0.4, 0.5) is 0 Å². The van der Waals surface area contributed by atoms with Gasteiger partial charge in [0.15, 0.2) is 0 Å². The molecule has 21 heavy (non-hydrogen) atoms. The smallest absolute Gasteiger partial charge is 0.375 e. The van der Waals surface area contributed by atoms with Gasteiger partial charge in [-0.25, -0.2) is 23.4 Å². The SMILES string of the molecule is CCOC(=O)C1CCCC[N+]1=c1sccs1.[O-][Cl+3]([O-])([O-])[O-]. The number of hydrogen-bond acceptors (Lipinski definition) is 8. The maximum Gasteiger partial charge on any atom is 0.375 e. The standard InChI is InChI=1S/C11H16NO2S2.ClHO4/c1-2-14-10(13)9-5-3-4-6-12(9)11-15-7-8-16-11;2-1(3,4)5/h7-9H,2-6H2,1H3;(H,2,3,4,5)/q+1;/p-1. The average molecular weight is 358 g/mol. The highest BCUT2D eigenvalue weighted by atomic mass is 35.7. The normalized spacial score (nSPS) is 18.7. The van der Waals surface area contributed by atoms with Crippen molar-refractivity contribution >= 4 is 28.6 Å². The Hall–Kier alpha value is -0.550. The van der Waals surface area contributed by atoms with E-state index < -0.39 is 10.2 Å². The molecule has 120 valence electrons. The maximum atomic E-state index is 11.8. The van der Waals surface area contributed by atoms with Crippen LogP contribution in [-0.2, 0) is 9.53 Å². The predicted molar refractivity (Wildman–Crippen MR) is 66.6 cm³/mol. The highest BCUT2D eigenvalue weighted by molar-refractivity contribution is 7.24. The van der Waals surface area contributed by atoms with Crippen LogP contribution in [0.3, 0.4) is 0 Å². The van der Waals surface area contributed by atoms with Gasteiger partial charge in [0, 0.05) is 23.6 Å². The molecule has 0 spiro atoms. The second-order valence-corrected chi connectivity index (χ2v) is 6.91. The van der Waals surface area contributed by atoms with Crippen LogP contribution >= 0.6 is 22.7 Å². The summed E-state index contributed by atoms with van der Waals surface area (Å²) in [6.45, 7) is 3.30. The minimum atomic E-state index is -4.94. The molecule has 0 amide bonds. The summed E-state index contributed by atoms with van der Waals surface area (Å²) in [6, 6.07) is -0.0661. The van der Waals surface area contributed by atoms with Crippen molar-refractivity contribution in [3.8, 4) is 0 Å². The lowest BCUT2D eigenvalue weighted by molar-refractivity contribution is -2.00. The Morgan fingerprint density at radius 1 is 1.33 bits per heavy atom. The van der Waals surface area contributed by atoms with Gasteiger partial charge in [-0.05, 0) is 13.3 Å². The first-order valence-electron chi connectivity index (χ1n) is 6.23. The molecule has 0 aliphatic carbocycles. The van der Waals surface area contributed by atoms with Crippen molar-refractivity contribution in [3.05, 3.63) is 14.7 Å². The van der Waals surface area contributed by atoms with Gasteiger partial charge < -0.3 is 4.74 Å². The van der Waals surface area contributed by atoms with Crippen molar-refractivity contribution in [1.29, 1.82) is 0 Å². The summed E-state index contributed by atoms with van der Waals surface area (Å²) in [4.78, 5) is 11.8. The van der Waals surface area contributed by atoms with E-state index >= 15 is 0 Å². The van der Waals surface area contributed by atoms with E-state index in [0.29, 0.717) is 6.61 Å². The molecular formula is C11H16ClNO6S2. The zero-order chi connectivity index (χ0) is 15.9. The highest BCUT2D eigenvalue weighted by Gasteiger charge is 2.34. The largest absolute Gasteiger partial charge is 0.461 e. The monoisotopic (exact) mass is 357 g/mol. The Morgan fingerprint density at radius 2 is 1.90 bits per heavy atom. The van der Waals surface area contributed by atoms with Gasteiger partial charge in [-0.2, -0.15) is 4.58 Å². The van der Waals surface area contributed by atoms with Crippen molar-refractivity contribution in [3.63, 3.8) is 0 Å². The molecule has 0 radical (unpaired) electrons. The van der Waals surface area contributed by atoms with E-state index in [2.05, 4.69) is 15.3 Å². The minimum absolute atomic E-state index is 0.0661. The number of halogens is 1. The summed E-state index contributed by atoms with van der Waals surface area (Å²) in [6.07, 6.45) is 3.21. The Bertz CT molecular complexity index is 487. The summed E-state index contributed by atoms with van der Waals surface area (Å²) in [7, 11) is -4.94. The Labute approximate surface area is 132 Å². The molecule has 1 aliphatic rings. The van der Waals surface area contributed by atoms with Crippen LogP contribution in [0.1, 0.15) is 26.2 Å². The van der Waals surface area contributed by atoms with Gasteiger partial charge in [0.25, 0.3) is 6.04 Å². The van der Waals surface area contributed by atoms with E-state index in [-0.39, 0.29) is 12.0 Å². The Kier molecular flexibility index (Phi) is 7.74. The van der Waals surface area contributed by atoms with Crippen molar-refractivity contribution in [2.24, 2.45) is 0 Å². The first kappa shape index (κ1) is 18.5. The molecule has 1 saturated heterocycles. The lowest BCUT2D eigenvalue weighted by Crippen LogP contribution is -2.68. The van der Waals surface area contributed by atoms with Gasteiger partial charge >= 0.3 is 9.95 Å². The van der Waals surface area contributed by atoms with Gasteiger partial charge in [0.1, 0.15) is 6.54 Å². The number of rotatable bonds is 2. The molecule has 1 aromatic heterocycles. The number of carbonyl (C=O) groups excluding carboxylic acids is 1. The summed E-state index contributed by atoms with van der Waals surface area (Å²) in [5.41, 5.74) is 0. The van der Waals surface area contributed by atoms with Gasteiger partial charge in [0.2, 0.25) is 0 Å². The lowest BCUT2D eigenvalue weighted by atomic mass is 10.0. The average Bonchev–Trinajstić information content (AvgIpc) is 2.91. The third-order valence-corrected chi connectivity index (χ3v) is 4.86. The quantitative estimate of drug-likeness (QED) is 0.409. The molecule has 1 unspecified atom stereocenters. The molecule has 1 aromatic rings. The van der Waals surface area contributed by atoms with Gasteiger partial charge in [-0.3, -0.25) is 0 Å². The summed E-state index contributed by atoms with van der Waals surface area (Å²) >= 11 is 3.41. The molecule has 10 heteroatoms. The molecule has 0 bridgehead atoms. The van der Waals surface area contributed by atoms with E-state index in [1.54, 1.807) is 22.7 Å². The second-order valence-electron chi connectivity index (χ2n) is 4.11. The topological polar surface area (TPSA) is 122 Å². The van der Waals surface area contributed by atoms with E-state index in [9.17, 15) is 4.79 Å². The predicted octanol–water partition coefficient (Wildman–Crippen LogP) is -3.06. The first-order chi connectivity index (χ1) is 9.83. The van der Waals surface area contributed by atoms with Crippen LogP contribution in [0.5, 0.6) is 0 Å². The van der Waals surface area contributed by atoms with Crippen LogP contribution in [0.2, 0.25) is 0 Å². The van der Waals surface area contributed by atoms with E-state index in [1.807, 2.05) is 6.92 Å². The number of hydrogen-bond donors (Lipinski definition) is 0.